The first-order valence-corrected chi connectivity index (χ1v) is 4.06. The first-order chi connectivity index (χ1) is 4.88. The summed E-state index contributed by atoms with van der Waals surface area (Å²) >= 11 is 1.50. The lowest BCUT2D eigenvalue weighted by Crippen LogP contribution is -2.19. The Hall–Kier alpha value is -0.700. The minimum absolute atomic E-state index is 0.0787. The molecule has 1 fully saturated rings. The van der Waals surface area contributed by atoms with Crippen LogP contribution < -0.4 is 4.72 Å². The molecule has 1 N–H and O–H groups in total. The van der Waals surface area contributed by atoms with Gasteiger partial charge in [-0.3, -0.25) is 9.52 Å². The van der Waals surface area contributed by atoms with Crippen molar-refractivity contribution in [1.29, 1.82) is 0 Å². The molecule has 1 saturated heterocycles. The number of carbonyl (C=O) groups excluding carboxylic acids is 1. The Morgan fingerprint density at radius 1 is 1.40 bits per heavy atom. The van der Waals surface area contributed by atoms with Gasteiger partial charge in [-0.25, -0.2) is 0 Å². The van der Waals surface area contributed by atoms with Crippen LogP contribution in [0.15, 0.2) is 24.3 Å². The Morgan fingerprint density at radius 2 is 2.20 bits per heavy atom. The van der Waals surface area contributed by atoms with Gasteiger partial charge in [0.25, 0.3) is 0 Å². The van der Waals surface area contributed by atoms with Gasteiger partial charge in [0, 0.05) is 0 Å². The van der Waals surface area contributed by atoms with Gasteiger partial charge in [-0.15, -0.1) is 0 Å². The molecule has 0 saturated carbocycles. The Labute approximate surface area is 63.5 Å². The number of hydrogen-bond acceptors (Lipinski definition) is 2. The van der Waals surface area contributed by atoms with E-state index in [0.717, 1.165) is 0 Å². The fourth-order valence-electron chi connectivity index (χ4n) is 1.13. The van der Waals surface area contributed by atoms with Gasteiger partial charge in [-0.05, 0) is 11.9 Å². The number of amides is 1. The van der Waals surface area contributed by atoms with E-state index in [1.807, 2.05) is 24.3 Å². The predicted molar refractivity (Wildman–Crippen MR) is 41.3 cm³/mol. The average Bonchev–Trinajstić information content (AvgIpc) is 2.34. The van der Waals surface area contributed by atoms with Crippen molar-refractivity contribution >= 4 is 17.9 Å². The van der Waals surface area contributed by atoms with Crippen molar-refractivity contribution in [3.63, 3.8) is 0 Å². The molecule has 0 radical (unpaired) electrons. The van der Waals surface area contributed by atoms with Crippen LogP contribution >= 0.6 is 11.9 Å². The molecule has 0 spiro atoms. The molecule has 10 heavy (non-hydrogen) atoms. The van der Waals surface area contributed by atoms with E-state index < -0.39 is 0 Å². The third-order valence-electron chi connectivity index (χ3n) is 1.68. The van der Waals surface area contributed by atoms with Crippen LogP contribution in [-0.4, -0.2) is 11.2 Å². The molecule has 2 atom stereocenters. The van der Waals surface area contributed by atoms with Crippen molar-refractivity contribution in [3.05, 3.63) is 24.3 Å². The number of carbonyl (C=O) groups is 1. The van der Waals surface area contributed by atoms with Crippen molar-refractivity contribution in [1.82, 2.24) is 4.72 Å². The van der Waals surface area contributed by atoms with Crippen LogP contribution in [0.5, 0.6) is 0 Å². The van der Waals surface area contributed by atoms with E-state index >= 15 is 0 Å². The number of fused-ring (bicyclic) bond motifs is 1. The van der Waals surface area contributed by atoms with E-state index in [-0.39, 0.29) is 11.8 Å². The number of rotatable bonds is 0. The molecule has 52 valence electrons. The summed E-state index contributed by atoms with van der Waals surface area (Å²) in [6.07, 6.45) is 7.90. The third-order valence-corrected chi connectivity index (χ3v) is 2.72. The fourth-order valence-corrected chi connectivity index (χ4v) is 2.05. The van der Waals surface area contributed by atoms with Gasteiger partial charge >= 0.3 is 0 Å². The van der Waals surface area contributed by atoms with Crippen LogP contribution in [-0.2, 0) is 4.79 Å². The van der Waals surface area contributed by atoms with Gasteiger partial charge in [0.2, 0.25) is 5.91 Å². The lowest BCUT2D eigenvalue weighted by molar-refractivity contribution is -0.120. The lowest BCUT2D eigenvalue weighted by Gasteiger charge is -2.08. The molecule has 1 heterocycles. The van der Waals surface area contributed by atoms with Crippen molar-refractivity contribution in [2.45, 2.75) is 5.25 Å². The molecule has 0 aromatic heterocycles. The maximum atomic E-state index is 11.0. The number of nitrogens with one attached hydrogen (secondary N) is 1. The molecule has 2 rings (SSSR count). The second-order valence-corrected chi connectivity index (χ2v) is 3.33. The zero-order valence-corrected chi connectivity index (χ0v) is 6.10. The maximum absolute atomic E-state index is 11.0. The van der Waals surface area contributed by atoms with Crippen molar-refractivity contribution < 1.29 is 4.79 Å². The van der Waals surface area contributed by atoms with Gasteiger partial charge in [0.1, 0.15) is 0 Å². The minimum Gasteiger partial charge on any atom is -0.299 e. The Kier molecular flexibility index (Phi) is 1.31. The van der Waals surface area contributed by atoms with Gasteiger partial charge in [0.05, 0.1) is 11.2 Å². The molecule has 2 unspecified atom stereocenters. The topological polar surface area (TPSA) is 29.1 Å². The highest BCUT2D eigenvalue weighted by Gasteiger charge is 2.32. The summed E-state index contributed by atoms with van der Waals surface area (Å²) in [6, 6.07) is 0. The van der Waals surface area contributed by atoms with Crippen molar-refractivity contribution in [2.75, 3.05) is 0 Å². The second-order valence-electron chi connectivity index (χ2n) is 2.34. The monoisotopic (exact) mass is 153 g/mol. The normalized spacial score (nSPS) is 35.8. The van der Waals surface area contributed by atoms with Crippen LogP contribution in [0.3, 0.4) is 0 Å². The van der Waals surface area contributed by atoms with Crippen molar-refractivity contribution in [2.24, 2.45) is 5.92 Å². The molecule has 2 aliphatic rings. The summed E-state index contributed by atoms with van der Waals surface area (Å²) < 4.78 is 2.74. The quantitative estimate of drug-likeness (QED) is 0.523. The van der Waals surface area contributed by atoms with Crippen LogP contribution in [0, 0.1) is 5.92 Å². The third kappa shape index (κ3) is 0.778. The number of allylic oxidation sites excluding steroid dienone is 2. The molecule has 1 aliphatic heterocycles. The summed E-state index contributed by atoms with van der Waals surface area (Å²) in [5.74, 6) is 0.214. The molecule has 0 aromatic rings. The zero-order chi connectivity index (χ0) is 6.97. The molecule has 3 heteroatoms. The zero-order valence-electron chi connectivity index (χ0n) is 5.28. The summed E-state index contributed by atoms with van der Waals surface area (Å²) in [6.45, 7) is 0. The van der Waals surface area contributed by atoms with Crippen LogP contribution in [0.1, 0.15) is 0 Å². The average molecular weight is 153 g/mol. The highest BCUT2D eigenvalue weighted by Crippen LogP contribution is 2.29. The Morgan fingerprint density at radius 3 is 3.00 bits per heavy atom. The summed E-state index contributed by atoms with van der Waals surface area (Å²) in [4.78, 5) is 11.0. The van der Waals surface area contributed by atoms with E-state index in [4.69, 9.17) is 0 Å². The van der Waals surface area contributed by atoms with E-state index in [1.165, 1.54) is 11.9 Å². The standard InChI is InChI=1S/C7H7NOS/c9-7-5-3-1-2-4-6(5)10-8-7/h1-6H,(H,8,9). The molecule has 0 aromatic carbocycles. The largest absolute Gasteiger partial charge is 0.299 e. The van der Waals surface area contributed by atoms with Crippen molar-refractivity contribution in [3.8, 4) is 0 Å². The predicted octanol–water partition coefficient (Wildman–Crippen LogP) is 0.875. The van der Waals surface area contributed by atoms with E-state index in [1.54, 1.807) is 0 Å². The van der Waals surface area contributed by atoms with Crippen LogP contribution in [0.4, 0.5) is 0 Å². The second kappa shape index (κ2) is 2.16. The smallest absolute Gasteiger partial charge is 0.238 e. The van der Waals surface area contributed by atoms with Gasteiger partial charge in [0.15, 0.2) is 0 Å². The van der Waals surface area contributed by atoms with Crippen LogP contribution in [0.25, 0.3) is 0 Å². The number of hydrogen-bond donors (Lipinski definition) is 1. The van der Waals surface area contributed by atoms with Crippen LogP contribution in [0.2, 0.25) is 0 Å². The van der Waals surface area contributed by atoms with Gasteiger partial charge in [-0.2, -0.15) is 0 Å². The Bertz CT molecular complexity index is 222. The summed E-state index contributed by atoms with van der Waals surface area (Å²) in [7, 11) is 0. The molecular weight excluding hydrogens is 146 g/mol. The van der Waals surface area contributed by atoms with Gasteiger partial charge in [-0.1, -0.05) is 24.3 Å². The maximum Gasteiger partial charge on any atom is 0.238 e. The molecule has 1 aliphatic carbocycles. The van der Waals surface area contributed by atoms with E-state index in [0.29, 0.717) is 5.25 Å². The van der Waals surface area contributed by atoms with E-state index in [9.17, 15) is 4.79 Å². The lowest BCUT2D eigenvalue weighted by atomic mass is 10.0. The fraction of sp³-hybridized carbons (Fsp3) is 0.286. The molecular formula is C7H7NOS. The SMILES string of the molecule is O=C1NSC2C=CC=CC12. The summed E-state index contributed by atoms with van der Waals surface area (Å²) in [5.41, 5.74) is 0. The first kappa shape index (κ1) is 6.04. The summed E-state index contributed by atoms with van der Waals surface area (Å²) in [5, 5.41) is 0.331. The highest BCUT2D eigenvalue weighted by atomic mass is 32.2. The van der Waals surface area contributed by atoms with E-state index in [2.05, 4.69) is 4.72 Å². The highest BCUT2D eigenvalue weighted by molar-refractivity contribution is 7.99. The molecule has 2 nitrogen and oxygen atoms in total. The minimum atomic E-state index is 0.0787. The molecule has 1 amide bonds. The molecule has 0 bridgehead atoms. The van der Waals surface area contributed by atoms with Gasteiger partial charge < -0.3 is 0 Å². The Balaban J connectivity index is 2.27. The first-order valence-electron chi connectivity index (χ1n) is 3.18.